The molecule has 2 atom stereocenters. The van der Waals surface area contributed by atoms with Gasteiger partial charge in [-0.3, -0.25) is 24.7 Å². The summed E-state index contributed by atoms with van der Waals surface area (Å²) >= 11 is 0. The van der Waals surface area contributed by atoms with Crippen molar-refractivity contribution >= 4 is 29.2 Å². The largest absolute Gasteiger partial charge is 0.480 e. The third kappa shape index (κ3) is 5.54. The maximum absolute atomic E-state index is 13.3. The third-order valence-corrected chi connectivity index (χ3v) is 6.24. The molecule has 3 rings (SSSR count). The molecule has 1 saturated carbocycles. The van der Waals surface area contributed by atoms with Crippen LogP contribution >= 0.6 is 0 Å². The first-order valence-corrected chi connectivity index (χ1v) is 11.3. The van der Waals surface area contributed by atoms with Crippen molar-refractivity contribution in [1.29, 1.82) is 0 Å². The van der Waals surface area contributed by atoms with Crippen LogP contribution in [-0.2, 0) is 14.4 Å². The fourth-order valence-corrected chi connectivity index (χ4v) is 4.52. The van der Waals surface area contributed by atoms with E-state index >= 15 is 0 Å². The second-order valence-corrected chi connectivity index (χ2v) is 9.50. The minimum absolute atomic E-state index is 0.0132. The van der Waals surface area contributed by atoms with Crippen molar-refractivity contribution in [3.63, 3.8) is 0 Å². The van der Waals surface area contributed by atoms with Crippen LogP contribution in [0.5, 0.6) is 0 Å². The SMILES string of the molecule is C[C@H](NC(=O)CC(C)(C)NC1N=C(C2CCCCC2)c2ccccc2N(C)C1=O)C(=O)O. The lowest BCUT2D eigenvalue weighted by molar-refractivity contribution is -0.141. The monoisotopic (exact) mass is 442 g/mol. The van der Waals surface area contributed by atoms with Crippen molar-refractivity contribution in [3.8, 4) is 0 Å². The average molecular weight is 443 g/mol. The Bertz CT molecular complexity index is 905. The molecular weight excluding hydrogens is 408 g/mol. The summed E-state index contributed by atoms with van der Waals surface area (Å²) in [5.74, 6) is -1.37. The molecule has 1 aromatic rings. The molecule has 3 N–H and O–H groups in total. The lowest BCUT2D eigenvalue weighted by Gasteiger charge is -2.31. The predicted octanol–water partition coefficient (Wildman–Crippen LogP) is 2.71. The van der Waals surface area contributed by atoms with E-state index in [0.717, 1.165) is 42.6 Å². The number of carbonyl (C=O) groups excluding carboxylic acids is 2. The number of hydrogen-bond acceptors (Lipinski definition) is 5. The number of hydrogen-bond donors (Lipinski definition) is 3. The summed E-state index contributed by atoms with van der Waals surface area (Å²) in [4.78, 5) is 43.3. The highest BCUT2D eigenvalue weighted by Gasteiger charge is 2.36. The minimum Gasteiger partial charge on any atom is -0.480 e. The number of benzodiazepines with no additional fused rings is 1. The van der Waals surface area contributed by atoms with Crippen molar-refractivity contribution in [2.24, 2.45) is 10.9 Å². The molecule has 0 aromatic heterocycles. The smallest absolute Gasteiger partial charge is 0.325 e. The highest BCUT2D eigenvalue weighted by molar-refractivity contribution is 6.13. The Balaban J connectivity index is 1.87. The Morgan fingerprint density at radius 2 is 1.88 bits per heavy atom. The van der Waals surface area contributed by atoms with Gasteiger partial charge in [0.1, 0.15) is 6.04 Å². The molecule has 8 nitrogen and oxygen atoms in total. The van der Waals surface area contributed by atoms with Gasteiger partial charge in [0, 0.05) is 36.2 Å². The molecule has 2 amide bonds. The molecule has 32 heavy (non-hydrogen) atoms. The number of nitrogens with one attached hydrogen (secondary N) is 2. The quantitative estimate of drug-likeness (QED) is 0.601. The lowest BCUT2D eigenvalue weighted by atomic mass is 9.83. The molecule has 0 bridgehead atoms. The number of aliphatic imine (C=N–C) groups is 1. The van der Waals surface area contributed by atoms with E-state index in [9.17, 15) is 14.4 Å². The Hall–Kier alpha value is -2.74. The number of benzene rings is 1. The topological polar surface area (TPSA) is 111 Å². The summed E-state index contributed by atoms with van der Waals surface area (Å²) in [5, 5.41) is 14.8. The van der Waals surface area contributed by atoms with Crippen molar-refractivity contribution < 1.29 is 19.5 Å². The molecule has 8 heteroatoms. The predicted molar refractivity (Wildman–Crippen MR) is 124 cm³/mol. The molecule has 1 aliphatic heterocycles. The van der Waals surface area contributed by atoms with Crippen LogP contribution in [-0.4, -0.2) is 53.4 Å². The van der Waals surface area contributed by atoms with Crippen molar-refractivity contribution in [2.45, 2.75) is 77.0 Å². The van der Waals surface area contributed by atoms with Crippen LogP contribution < -0.4 is 15.5 Å². The number of likely N-dealkylation sites (N-methyl/N-ethyl adjacent to an activating group) is 1. The highest BCUT2D eigenvalue weighted by Crippen LogP contribution is 2.33. The molecule has 0 saturated heterocycles. The molecule has 0 spiro atoms. The Morgan fingerprint density at radius 1 is 1.22 bits per heavy atom. The van der Waals surface area contributed by atoms with E-state index in [-0.39, 0.29) is 12.3 Å². The summed E-state index contributed by atoms with van der Waals surface area (Å²) in [7, 11) is 1.75. The number of carboxylic acid groups (broad SMARTS) is 1. The Labute approximate surface area is 189 Å². The van der Waals surface area contributed by atoms with E-state index in [1.54, 1.807) is 11.9 Å². The molecule has 1 heterocycles. The molecule has 1 aromatic carbocycles. The van der Waals surface area contributed by atoms with Gasteiger partial charge in [-0.05, 0) is 39.7 Å². The van der Waals surface area contributed by atoms with Gasteiger partial charge in [0.2, 0.25) is 5.91 Å². The maximum Gasteiger partial charge on any atom is 0.325 e. The van der Waals surface area contributed by atoms with Gasteiger partial charge >= 0.3 is 5.97 Å². The molecular formula is C24H34N4O4. The van der Waals surface area contributed by atoms with Gasteiger partial charge in [0.25, 0.3) is 5.91 Å². The van der Waals surface area contributed by atoms with E-state index in [0.29, 0.717) is 5.92 Å². The van der Waals surface area contributed by atoms with Crippen LogP contribution in [0, 0.1) is 5.92 Å². The van der Waals surface area contributed by atoms with Crippen LogP contribution in [0.1, 0.15) is 64.9 Å². The molecule has 1 aliphatic carbocycles. The number of anilines is 1. The van der Waals surface area contributed by atoms with E-state index in [1.165, 1.54) is 13.3 Å². The fraction of sp³-hybridized carbons (Fsp3) is 0.583. The minimum atomic E-state index is -1.09. The standard InChI is InChI=1S/C24H34N4O4/c1-15(23(31)32)25-19(29)14-24(2,3)27-21-22(30)28(4)18-13-9-8-12-17(18)20(26-21)16-10-6-5-7-11-16/h8-9,12-13,15-16,21,27H,5-7,10-11,14H2,1-4H3,(H,25,29)(H,31,32)/t15-,21?/m0/s1. The molecule has 1 fully saturated rings. The van der Waals surface area contributed by atoms with Crippen molar-refractivity contribution in [2.75, 3.05) is 11.9 Å². The van der Waals surface area contributed by atoms with Crippen LogP contribution in [0.4, 0.5) is 5.69 Å². The second kappa shape index (κ2) is 9.81. The van der Waals surface area contributed by atoms with Gasteiger partial charge in [-0.15, -0.1) is 0 Å². The van der Waals surface area contributed by atoms with E-state index < -0.39 is 29.6 Å². The van der Waals surface area contributed by atoms with Crippen LogP contribution in [0.25, 0.3) is 0 Å². The summed E-state index contributed by atoms with van der Waals surface area (Å²) in [6, 6.07) is 6.89. The normalized spacial score (nSPS) is 20.8. The average Bonchev–Trinajstić information content (AvgIpc) is 2.84. The maximum atomic E-state index is 13.3. The molecule has 1 unspecified atom stereocenters. The fourth-order valence-electron chi connectivity index (χ4n) is 4.52. The molecule has 0 radical (unpaired) electrons. The first-order chi connectivity index (χ1) is 15.1. The number of carboxylic acids is 1. The highest BCUT2D eigenvalue weighted by atomic mass is 16.4. The molecule has 174 valence electrons. The third-order valence-electron chi connectivity index (χ3n) is 6.24. The van der Waals surface area contributed by atoms with E-state index in [4.69, 9.17) is 10.1 Å². The van der Waals surface area contributed by atoms with E-state index in [2.05, 4.69) is 10.6 Å². The van der Waals surface area contributed by atoms with Gasteiger partial charge in [-0.1, -0.05) is 37.5 Å². The van der Waals surface area contributed by atoms with Gasteiger partial charge in [-0.25, -0.2) is 0 Å². The Kier molecular flexibility index (Phi) is 7.33. The zero-order valence-corrected chi connectivity index (χ0v) is 19.4. The van der Waals surface area contributed by atoms with Gasteiger partial charge in [0.05, 0.1) is 5.69 Å². The summed E-state index contributed by atoms with van der Waals surface area (Å²) in [6.07, 6.45) is 4.82. The Morgan fingerprint density at radius 3 is 2.53 bits per heavy atom. The first kappa shape index (κ1) is 23.9. The van der Waals surface area contributed by atoms with Gasteiger partial charge < -0.3 is 15.3 Å². The van der Waals surface area contributed by atoms with Crippen molar-refractivity contribution in [3.05, 3.63) is 29.8 Å². The summed E-state index contributed by atoms with van der Waals surface area (Å²) < 4.78 is 0. The zero-order chi connectivity index (χ0) is 23.5. The first-order valence-electron chi connectivity index (χ1n) is 11.3. The second-order valence-electron chi connectivity index (χ2n) is 9.50. The van der Waals surface area contributed by atoms with Crippen LogP contribution in [0.15, 0.2) is 29.3 Å². The van der Waals surface area contributed by atoms with Crippen molar-refractivity contribution in [1.82, 2.24) is 10.6 Å². The number of nitrogens with zero attached hydrogens (tertiary/aromatic N) is 2. The number of fused-ring (bicyclic) bond motifs is 1. The zero-order valence-electron chi connectivity index (χ0n) is 19.4. The van der Waals surface area contributed by atoms with Crippen LogP contribution in [0.2, 0.25) is 0 Å². The number of rotatable bonds is 7. The lowest BCUT2D eigenvalue weighted by Crippen LogP contribution is -2.54. The number of carbonyl (C=O) groups is 3. The van der Waals surface area contributed by atoms with Gasteiger partial charge in [-0.2, -0.15) is 0 Å². The van der Waals surface area contributed by atoms with Crippen LogP contribution in [0.3, 0.4) is 0 Å². The number of para-hydroxylation sites is 1. The number of amides is 2. The van der Waals surface area contributed by atoms with Gasteiger partial charge in [0.15, 0.2) is 6.17 Å². The number of aliphatic carboxylic acids is 1. The van der Waals surface area contributed by atoms with E-state index in [1.807, 2.05) is 38.1 Å². The molecule has 2 aliphatic rings. The summed E-state index contributed by atoms with van der Waals surface area (Å²) in [6.45, 7) is 5.06. The summed E-state index contributed by atoms with van der Waals surface area (Å²) in [5.41, 5.74) is 2.01.